The number of nitro groups is 1. The maximum absolute atomic E-state index is 12.8. The lowest BCUT2D eigenvalue weighted by molar-refractivity contribution is -0.384. The van der Waals surface area contributed by atoms with Crippen molar-refractivity contribution in [2.24, 2.45) is 0 Å². The third kappa shape index (κ3) is 4.49. The monoisotopic (exact) mass is 445 g/mol. The van der Waals surface area contributed by atoms with E-state index in [1.54, 1.807) is 23.1 Å². The minimum atomic E-state index is -5.68. The van der Waals surface area contributed by atoms with Crippen molar-refractivity contribution in [2.45, 2.75) is 16.9 Å². The number of anilines is 1. The lowest BCUT2D eigenvalue weighted by Crippen LogP contribution is -2.46. The third-order valence-electron chi connectivity index (χ3n) is 4.79. The lowest BCUT2D eigenvalue weighted by Gasteiger charge is -2.35. The second kappa shape index (κ2) is 8.11. The van der Waals surface area contributed by atoms with Crippen molar-refractivity contribution < 1.29 is 31.6 Å². The van der Waals surface area contributed by atoms with E-state index < -0.39 is 30.9 Å². The Labute approximate surface area is 170 Å². The van der Waals surface area contributed by atoms with Crippen molar-refractivity contribution in [3.05, 3.63) is 58.1 Å². The molecule has 0 aromatic heterocycles. The van der Waals surface area contributed by atoms with Crippen LogP contribution in [0.15, 0.2) is 47.4 Å². The highest BCUT2D eigenvalue weighted by Gasteiger charge is 2.47. The van der Waals surface area contributed by atoms with Gasteiger partial charge in [-0.25, -0.2) is 8.42 Å². The molecule has 1 aliphatic rings. The number of aromatic hydroxyl groups is 1. The Kier molecular flexibility index (Phi) is 5.90. The van der Waals surface area contributed by atoms with E-state index in [2.05, 4.69) is 4.90 Å². The molecular formula is C18H18F3N3O5S. The summed E-state index contributed by atoms with van der Waals surface area (Å²) in [4.78, 5) is 13.1. The molecule has 0 radical (unpaired) electrons. The van der Waals surface area contributed by atoms with Gasteiger partial charge in [-0.1, -0.05) is 12.1 Å². The van der Waals surface area contributed by atoms with Crippen LogP contribution < -0.4 is 4.90 Å². The number of phenols is 1. The molecule has 0 saturated carbocycles. The number of nitrogens with zero attached hydrogens (tertiary/aromatic N) is 3. The molecule has 1 fully saturated rings. The highest BCUT2D eigenvalue weighted by molar-refractivity contribution is 7.92. The van der Waals surface area contributed by atoms with Gasteiger partial charge in [-0.2, -0.15) is 13.2 Å². The number of hydrogen-bond donors (Lipinski definition) is 1. The second-order valence-corrected chi connectivity index (χ2v) is 8.73. The van der Waals surface area contributed by atoms with Crippen LogP contribution in [0.1, 0.15) is 5.56 Å². The first-order valence-electron chi connectivity index (χ1n) is 8.84. The predicted molar refractivity (Wildman–Crippen MR) is 102 cm³/mol. The maximum atomic E-state index is 12.8. The first-order valence-corrected chi connectivity index (χ1v) is 10.3. The van der Waals surface area contributed by atoms with Gasteiger partial charge in [0.1, 0.15) is 11.4 Å². The van der Waals surface area contributed by atoms with Crippen molar-refractivity contribution >= 4 is 21.2 Å². The first-order chi connectivity index (χ1) is 14.0. The fraction of sp³-hybridized carbons (Fsp3) is 0.333. The van der Waals surface area contributed by atoms with Crippen LogP contribution in [-0.2, 0) is 16.4 Å². The van der Waals surface area contributed by atoms with E-state index in [1.807, 2.05) is 6.07 Å². The van der Waals surface area contributed by atoms with Crippen LogP contribution in [-0.4, -0.2) is 55.0 Å². The van der Waals surface area contributed by atoms with Crippen molar-refractivity contribution in [2.75, 3.05) is 31.1 Å². The van der Waals surface area contributed by atoms with Gasteiger partial charge in [0.15, 0.2) is 0 Å². The van der Waals surface area contributed by atoms with Gasteiger partial charge in [0.2, 0.25) is 0 Å². The van der Waals surface area contributed by atoms with Gasteiger partial charge in [-0.15, -0.1) is 0 Å². The number of nitro benzene ring substituents is 1. The molecule has 3 rings (SSSR count). The molecule has 0 bridgehead atoms. The van der Waals surface area contributed by atoms with E-state index in [1.165, 1.54) is 0 Å². The summed E-state index contributed by atoms with van der Waals surface area (Å²) in [5.74, 6) is 0.149. The van der Waals surface area contributed by atoms with E-state index in [4.69, 9.17) is 0 Å². The number of sulfone groups is 1. The number of rotatable bonds is 5. The van der Waals surface area contributed by atoms with Gasteiger partial charge in [0.05, 0.1) is 9.82 Å². The standard InChI is InChI=1S/C18H18F3N3O5S/c19-18(20,21)30(28,29)15-4-5-16(17(11-15)24(26)27)23-8-6-22(7-9-23)12-13-2-1-3-14(25)10-13/h1-5,10-11,25H,6-9,12H2. The van der Waals surface area contributed by atoms with Crippen LogP contribution >= 0.6 is 0 Å². The molecule has 1 aliphatic heterocycles. The zero-order valence-electron chi connectivity index (χ0n) is 15.5. The molecule has 0 aliphatic carbocycles. The van der Waals surface area contributed by atoms with Crippen molar-refractivity contribution in [3.8, 4) is 5.75 Å². The van der Waals surface area contributed by atoms with Gasteiger partial charge in [0, 0.05) is 38.8 Å². The van der Waals surface area contributed by atoms with Crippen molar-refractivity contribution in [1.82, 2.24) is 4.90 Å². The topological polar surface area (TPSA) is 104 Å². The minimum absolute atomic E-state index is 0.0677. The number of alkyl halides is 3. The molecule has 2 aromatic carbocycles. The summed E-state index contributed by atoms with van der Waals surface area (Å²) in [6, 6.07) is 9.01. The highest BCUT2D eigenvalue weighted by Crippen LogP contribution is 2.36. The maximum Gasteiger partial charge on any atom is 0.501 e. The number of halogens is 3. The first kappa shape index (κ1) is 21.8. The average Bonchev–Trinajstić information content (AvgIpc) is 2.67. The number of piperazine rings is 1. The average molecular weight is 445 g/mol. The Morgan fingerprint density at radius 2 is 1.73 bits per heavy atom. The predicted octanol–water partition coefficient (Wildman–Crippen LogP) is 2.92. The third-order valence-corrected chi connectivity index (χ3v) is 6.27. The second-order valence-electron chi connectivity index (χ2n) is 6.79. The number of hydrogen-bond acceptors (Lipinski definition) is 7. The van der Waals surface area contributed by atoms with E-state index in [0.29, 0.717) is 38.8 Å². The summed E-state index contributed by atoms with van der Waals surface area (Å²) in [6.07, 6.45) is 0. The van der Waals surface area contributed by atoms with Gasteiger partial charge in [0.25, 0.3) is 15.5 Å². The summed E-state index contributed by atoms with van der Waals surface area (Å²) in [5.41, 5.74) is -5.27. The Hall–Kier alpha value is -2.86. The Bertz CT molecular complexity index is 1050. The van der Waals surface area contributed by atoms with Crippen LogP contribution in [0, 0.1) is 10.1 Å². The summed E-state index contributed by atoms with van der Waals surface area (Å²) in [6.45, 7) is 2.34. The summed E-state index contributed by atoms with van der Waals surface area (Å²) < 4.78 is 61.4. The lowest BCUT2D eigenvalue weighted by atomic mass is 10.1. The van der Waals surface area contributed by atoms with Crippen LogP contribution in [0.25, 0.3) is 0 Å². The van der Waals surface area contributed by atoms with E-state index in [0.717, 1.165) is 17.7 Å². The van der Waals surface area contributed by atoms with Gasteiger partial charge < -0.3 is 10.0 Å². The summed E-state index contributed by atoms with van der Waals surface area (Å²) in [7, 11) is -5.68. The molecule has 0 amide bonds. The zero-order valence-corrected chi connectivity index (χ0v) is 16.4. The normalized spacial score (nSPS) is 15.9. The van der Waals surface area contributed by atoms with E-state index >= 15 is 0 Å². The van der Waals surface area contributed by atoms with Crippen molar-refractivity contribution in [3.63, 3.8) is 0 Å². The van der Waals surface area contributed by atoms with Gasteiger partial charge in [-0.3, -0.25) is 15.0 Å². The van der Waals surface area contributed by atoms with Crippen LogP contribution in [0.2, 0.25) is 0 Å². The minimum Gasteiger partial charge on any atom is -0.508 e. The smallest absolute Gasteiger partial charge is 0.501 e. The fourth-order valence-corrected chi connectivity index (χ4v) is 4.06. The van der Waals surface area contributed by atoms with Crippen molar-refractivity contribution in [1.29, 1.82) is 0 Å². The molecule has 2 aromatic rings. The van der Waals surface area contributed by atoms with E-state index in [9.17, 15) is 36.8 Å². The molecular weight excluding hydrogens is 427 g/mol. The molecule has 1 saturated heterocycles. The fourth-order valence-electron chi connectivity index (χ4n) is 3.28. The van der Waals surface area contributed by atoms with Gasteiger partial charge >= 0.3 is 5.51 Å². The van der Waals surface area contributed by atoms with Gasteiger partial charge in [-0.05, 0) is 29.8 Å². The van der Waals surface area contributed by atoms with Crippen LogP contribution in [0.5, 0.6) is 5.75 Å². The highest BCUT2D eigenvalue weighted by atomic mass is 32.2. The molecule has 30 heavy (non-hydrogen) atoms. The molecule has 8 nitrogen and oxygen atoms in total. The Morgan fingerprint density at radius 3 is 2.30 bits per heavy atom. The number of benzene rings is 2. The number of phenolic OH excluding ortho intramolecular Hbond substituents is 1. The SMILES string of the molecule is O=[N+]([O-])c1cc(S(=O)(=O)C(F)(F)F)ccc1N1CCN(Cc2cccc(O)c2)CC1. The Morgan fingerprint density at radius 1 is 1.07 bits per heavy atom. The molecule has 0 spiro atoms. The quantitative estimate of drug-likeness (QED) is 0.557. The summed E-state index contributed by atoms with van der Waals surface area (Å²) in [5, 5.41) is 20.9. The molecule has 0 unspecified atom stereocenters. The molecule has 0 atom stereocenters. The summed E-state index contributed by atoms with van der Waals surface area (Å²) >= 11 is 0. The zero-order chi connectivity index (χ0) is 22.1. The molecule has 12 heteroatoms. The molecule has 1 N–H and O–H groups in total. The molecule has 1 heterocycles. The molecule has 162 valence electrons. The Balaban J connectivity index is 1.77. The largest absolute Gasteiger partial charge is 0.508 e. The van der Waals surface area contributed by atoms with E-state index in [-0.39, 0.29) is 11.4 Å². The van der Waals surface area contributed by atoms with Crippen LogP contribution in [0.4, 0.5) is 24.5 Å². The van der Waals surface area contributed by atoms with Crippen LogP contribution in [0.3, 0.4) is 0 Å².